The van der Waals surface area contributed by atoms with Crippen molar-refractivity contribution in [3.05, 3.63) is 0 Å². The Kier molecular flexibility index (Phi) is 9.17. The first kappa shape index (κ1) is 24.8. The van der Waals surface area contributed by atoms with Crippen LogP contribution in [-0.4, -0.2) is 86.6 Å². The highest BCUT2D eigenvalue weighted by atomic mass is 16.4. The van der Waals surface area contributed by atoms with Crippen LogP contribution in [0.2, 0.25) is 0 Å². The summed E-state index contributed by atoms with van der Waals surface area (Å²) in [5.74, 6) is -6.07. The molecule has 1 fully saturated rings. The Labute approximate surface area is 171 Å². The molecule has 0 spiro atoms. The number of nitrogens with one attached hydrogen (secondary N) is 2. The van der Waals surface area contributed by atoms with Gasteiger partial charge in [-0.3, -0.25) is 24.0 Å². The maximum atomic E-state index is 12.5. The van der Waals surface area contributed by atoms with Crippen molar-refractivity contribution in [2.75, 3.05) is 6.54 Å². The van der Waals surface area contributed by atoms with Crippen LogP contribution in [0, 0.1) is 0 Å². The van der Waals surface area contributed by atoms with Crippen molar-refractivity contribution in [3.63, 3.8) is 0 Å². The second-order valence-electron chi connectivity index (χ2n) is 6.96. The fourth-order valence-electron chi connectivity index (χ4n) is 2.99. The molecule has 0 aromatic carbocycles. The Hall–Kier alpha value is -3.22. The summed E-state index contributed by atoms with van der Waals surface area (Å²) in [6, 6.07) is -4.84. The van der Waals surface area contributed by atoms with Crippen LogP contribution in [-0.2, 0) is 28.8 Å². The number of carboxylic acids is 3. The predicted molar refractivity (Wildman–Crippen MR) is 99.0 cm³/mol. The summed E-state index contributed by atoms with van der Waals surface area (Å²) in [6.45, 7) is 1.52. The van der Waals surface area contributed by atoms with E-state index in [9.17, 15) is 28.8 Å². The minimum Gasteiger partial charge on any atom is -0.481 e. The average Bonchev–Trinajstić information content (AvgIpc) is 3.12. The Morgan fingerprint density at radius 3 is 2.23 bits per heavy atom. The minimum absolute atomic E-state index is 0.209. The molecule has 4 unspecified atom stereocenters. The molecule has 0 aromatic rings. The summed E-state index contributed by atoms with van der Waals surface area (Å²) in [6.07, 6.45) is -0.602. The third-order valence-corrected chi connectivity index (χ3v) is 4.56. The molecule has 4 atom stereocenters. The van der Waals surface area contributed by atoms with Gasteiger partial charge in [-0.15, -0.1) is 0 Å². The normalized spacial score (nSPS) is 18.7. The monoisotopic (exact) mass is 430 g/mol. The summed E-state index contributed by atoms with van der Waals surface area (Å²) >= 11 is 0. The molecule has 7 N–H and O–H groups in total. The summed E-state index contributed by atoms with van der Waals surface area (Å²) in [5, 5.41) is 31.0. The Morgan fingerprint density at radius 2 is 1.70 bits per heavy atom. The van der Waals surface area contributed by atoms with Crippen molar-refractivity contribution >= 4 is 35.6 Å². The Bertz CT molecular complexity index is 711. The summed E-state index contributed by atoms with van der Waals surface area (Å²) in [5.41, 5.74) is 5.58. The first-order valence-corrected chi connectivity index (χ1v) is 9.27. The molecule has 1 aliphatic rings. The van der Waals surface area contributed by atoms with Crippen LogP contribution in [0.1, 0.15) is 39.0 Å². The van der Waals surface area contributed by atoms with Gasteiger partial charge in [-0.25, -0.2) is 4.79 Å². The summed E-state index contributed by atoms with van der Waals surface area (Å²) in [4.78, 5) is 70.7. The third kappa shape index (κ3) is 7.31. The highest BCUT2D eigenvalue weighted by Crippen LogP contribution is 2.19. The maximum Gasteiger partial charge on any atom is 0.326 e. The fraction of sp³-hybridized carbons (Fsp3) is 0.647. The number of carbonyl (C=O) groups is 6. The van der Waals surface area contributed by atoms with E-state index >= 15 is 0 Å². The van der Waals surface area contributed by atoms with E-state index in [1.54, 1.807) is 0 Å². The number of rotatable bonds is 11. The van der Waals surface area contributed by atoms with E-state index in [4.69, 9.17) is 21.1 Å². The van der Waals surface area contributed by atoms with Crippen molar-refractivity contribution in [2.45, 2.75) is 63.2 Å². The smallest absolute Gasteiger partial charge is 0.326 e. The predicted octanol–water partition coefficient (Wildman–Crippen LogP) is -2.28. The van der Waals surface area contributed by atoms with Crippen molar-refractivity contribution in [2.24, 2.45) is 5.73 Å². The molecule has 0 radical (unpaired) electrons. The summed E-state index contributed by atoms with van der Waals surface area (Å²) in [7, 11) is 0. The maximum absolute atomic E-state index is 12.5. The van der Waals surface area contributed by atoms with Gasteiger partial charge in [0.1, 0.15) is 18.1 Å². The lowest BCUT2D eigenvalue weighted by atomic mass is 10.1. The molecule has 0 aromatic heterocycles. The highest BCUT2D eigenvalue weighted by molar-refractivity contribution is 5.95. The zero-order valence-electron chi connectivity index (χ0n) is 16.4. The number of nitrogens with two attached hydrogens (primary N) is 1. The molecule has 0 aliphatic carbocycles. The first-order valence-electron chi connectivity index (χ1n) is 9.27. The minimum atomic E-state index is -1.44. The number of aliphatic carboxylic acids is 3. The summed E-state index contributed by atoms with van der Waals surface area (Å²) < 4.78 is 0. The molecule has 1 heterocycles. The van der Waals surface area contributed by atoms with Crippen molar-refractivity contribution in [1.82, 2.24) is 15.5 Å². The van der Waals surface area contributed by atoms with Crippen LogP contribution >= 0.6 is 0 Å². The molecular formula is C17H26N4O9. The van der Waals surface area contributed by atoms with Gasteiger partial charge in [-0.2, -0.15) is 0 Å². The molecule has 3 amide bonds. The van der Waals surface area contributed by atoms with E-state index in [1.807, 2.05) is 0 Å². The third-order valence-electron chi connectivity index (χ3n) is 4.56. The number of likely N-dealkylation sites (tertiary alicyclic amines) is 1. The number of nitrogens with zero attached hydrogens (tertiary/aromatic N) is 1. The van der Waals surface area contributed by atoms with Crippen LogP contribution < -0.4 is 16.4 Å². The van der Waals surface area contributed by atoms with E-state index in [0.29, 0.717) is 12.8 Å². The van der Waals surface area contributed by atoms with Crippen molar-refractivity contribution < 1.29 is 44.1 Å². The quantitative estimate of drug-likeness (QED) is 0.206. The molecule has 13 heteroatoms. The van der Waals surface area contributed by atoms with Gasteiger partial charge in [0.05, 0.1) is 12.5 Å². The molecule has 30 heavy (non-hydrogen) atoms. The lowest BCUT2D eigenvalue weighted by Gasteiger charge is -2.27. The van der Waals surface area contributed by atoms with Crippen LogP contribution in [0.25, 0.3) is 0 Å². The van der Waals surface area contributed by atoms with Gasteiger partial charge in [0, 0.05) is 13.0 Å². The number of carbonyl (C=O) groups excluding carboxylic acids is 3. The number of hydrogen-bond donors (Lipinski definition) is 6. The molecule has 13 nitrogen and oxygen atoms in total. The molecule has 1 saturated heterocycles. The number of carboxylic acid groups (broad SMARTS) is 3. The standard InChI is InChI=1S/C17H26N4O9/c1-8(14(26)20-10(17(29)30)4-5-12(22)23)19-15(27)11-3-2-6-21(11)16(28)9(18)7-13(24)25/h8-11H,2-7,18H2,1H3,(H,19,27)(H,20,26)(H,22,23)(H,24,25)(H,29,30). The zero-order valence-corrected chi connectivity index (χ0v) is 16.4. The van der Waals surface area contributed by atoms with Gasteiger partial charge in [0.15, 0.2) is 0 Å². The average molecular weight is 430 g/mol. The van der Waals surface area contributed by atoms with Crippen LogP contribution in [0.5, 0.6) is 0 Å². The molecule has 168 valence electrons. The SMILES string of the molecule is CC(NC(=O)C1CCCN1C(=O)C(N)CC(=O)O)C(=O)NC(CCC(=O)O)C(=O)O. The molecule has 1 aliphatic heterocycles. The fourth-order valence-corrected chi connectivity index (χ4v) is 2.99. The molecule has 1 rings (SSSR count). The van der Waals surface area contributed by atoms with E-state index in [0.717, 1.165) is 0 Å². The van der Waals surface area contributed by atoms with E-state index in [2.05, 4.69) is 10.6 Å². The van der Waals surface area contributed by atoms with Crippen LogP contribution in [0.3, 0.4) is 0 Å². The Balaban J connectivity index is 2.69. The van der Waals surface area contributed by atoms with Gasteiger partial charge in [-0.1, -0.05) is 0 Å². The van der Waals surface area contributed by atoms with Gasteiger partial charge >= 0.3 is 17.9 Å². The van der Waals surface area contributed by atoms with Crippen LogP contribution in [0.15, 0.2) is 0 Å². The van der Waals surface area contributed by atoms with Gasteiger partial charge in [0.25, 0.3) is 0 Å². The first-order chi connectivity index (χ1) is 13.9. The number of hydrogen-bond acceptors (Lipinski definition) is 7. The molecule has 0 bridgehead atoms. The van der Waals surface area contributed by atoms with E-state index < -0.39 is 72.6 Å². The number of amides is 3. The van der Waals surface area contributed by atoms with E-state index in [1.165, 1.54) is 11.8 Å². The lowest BCUT2D eigenvalue weighted by Crippen LogP contribution is -2.56. The van der Waals surface area contributed by atoms with Crippen LogP contribution in [0.4, 0.5) is 0 Å². The second kappa shape index (κ2) is 11.1. The second-order valence-corrected chi connectivity index (χ2v) is 6.96. The van der Waals surface area contributed by atoms with Crippen molar-refractivity contribution in [1.29, 1.82) is 0 Å². The van der Waals surface area contributed by atoms with Gasteiger partial charge in [-0.05, 0) is 26.2 Å². The molecular weight excluding hydrogens is 404 g/mol. The topological polar surface area (TPSA) is 216 Å². The van der Waals surface area contributed by atoms with Crippen molar-refractivity contribution in [3.8, 4) is 0 Å². The zero-order chi connectivity index (χ0) is 23.0. The van der Waals surface area contributed by atoms with Gasteiger partial charge in [0.2, 0.25) is 17.7 Å². The lowest BCUT2D eigenvalue weighted by molar-refractivity contribution is -0.144. The highest BCUT2D eigenvalue weighted by Gasteiger charge is 2.37. The largest absolute Gasteiger partial charge is 0.481 e. The Morgan fingerprint density at radius 1 is 1.07 bits per heavy atom. The molecule has 0 saturated carbocycles. The van der Waals surface area contributed by atoms with Gasteiger partial charge < -0.3 is 36.6 Å². The van der Waals surface area contributed by atoms with E-state index in [-0.39, 0.29) is 13.0 Å².